The summed E-state index contributed by atoms with van der Waals surface area (Å²) >= 11 is 0. The summed E-state index contributed by atoms with van der Waals surface area (Å²) in [4.78, 5) is 9.94. The molecule has 0 N–H and O–H groups in total. The summed E-state index contributed by atoms with van der Waals surface area (Å²) in [6.07, 6.45) is 5.84. The van der Waals surface area contributed by atoms with Gasteiger partial charge in [-0.05, 0) is 69.7 Å². The maximum absolute atomic E-state index is 5.00. The molecule has 0 aliphatic rings. The molecule has 63 heavy (non-hydrogen) atoms. The second kappa shape index (κ2) is 14.6. The van der Waals surface area contributed by atoms with Crippen molar-refractivity contribution in [2.45, 2.75) is 0 Å². The van der Waals surface area contributed by atoms with Crippen molar-refractivity contribution in [3.8, 4) is 11.5 Å². The molecule has 13 aromatic rings. The zero-order valence-corrected chi connectivity index (χ0v) is 37.0. The summed E-state index contributed by atoms with van der Waals surface area (Å²) < 4.78 is 6.91. The number of hydrogen-bond donors (Lipinski definition) is 0. The molecule has 0 unspecified atom stereocenters. The van der Waals surface area contributed by atoms with Crippen LogP contribution in [0, 0.1) is 12.1 Å². The van der Waals surface area contributed by atoms with Crippen LogP contribution in [-0.2, 0) is 21.1 Å². The SMILES string of the molecule is [Pt+2].[c-]1c([Si](c2[c-]c3c(cc2)c2c4c5ccccc5n(-c5ccccc5)c4ccc2n3-c2ccccn2)(c2ccccc2)c2ccccc2)ccc2c1c1nccn1c1ccccc21. The minimum Gasteiger partial charge on any atom is -0.340 e. The van der Waals surface area contributed by atoms with E-state index in [4.69, 9.17) is 9.97 Å². The largest absolute Gasteiger partial charge is 2.00 e. The molecule has 0 aliphatic heterocycles. The van der Waals surface area contributed by atoms with E-state index in [9.17, 15) is 0 Å². The van der Waals surface area contributed by atoms with E-state index in [0.717, 1.165) is 65.8 Å². The van der Waals surface area contributed by atoms with Gasteiger partial charge in [-0.1, -0.05) is 132 Å². The average Bonchev–Trinajstić information content (AvgIpc) is 4.06. The molecule has 0 atom stereocenters. The van der Waals surface area contributed by atoms with E-state index in [1.54, 1.807) is 0 Å². The summed E-state index contributed by atoms with van der Waals surface area (Å²) in [5, 5.41) is 12.9. The standard InChI is InChI=1S/C56H35N5Si.Pt/c1-4-16-38(17-5-1)60-49-25-13-11-23-45(49)54-50(60)31-32-51-55(54)46-30-28-42(37-52(46)61(51)53-26-14-15-33-57-53)62(39-18-6-2-7-19-39,40-20-8-3-9-21-40)41-27-29-43-44-22-10-12-24-48(44)59-35-34-58-56(59)47(43)36-41;/h1-35H;/q-2;+2. The van der Waals surface area contributed by atoms with Crippen LogP contribution in [0.25, 0.3) is 82.4 Å². The van der Waals surface area contributed by atoms with E-state index in [-0.39, 0.29) is 21.1 Å². The Bertz CT molecular complexity index is 3820. The van der Waals surface area contributed by atoms with Gasteiger partial charge in [0.1, 0.15) is 13.9 Å². The Labute approximate surface area is 378 Å². The van der Waals surface area contributed by atoms with Gasteiger partial charge in [0.15, 0.2) is 0 Å². The van der Waals surface area contributed by atoms with Gasteiger partial charge in [0.05, 0.1) is 16.7 Å². The second-order valence-corrected chi connectivity index (χ2v) is 19.7. The quantitative estimate of drug-likeness (QED) is 0.0721. The maximum atomic E-state index is 5.00. The zero-order valence-electron chi connectivity index (χ0n) is 33.8. The van der Waals surface area contributed by atoms with Crippen molar-refractivity contribution in [2.75, 3.05) is 0 Å². The van der Waals surface area contributed by atoms with Gasteiger partial charge < -0.3 is 13.5 Å². The van der Waals surface area contributed by atoms with Crippen molar-refractivity contribution in [3.63, 3.8) is 0 Å². The van der Waals surface area contributed by atoms with Crippen LogP contribution in [0.4, 0.5) is 0 Å². The Morgan fingerprint density at radius 2 is 1.00 bits per heavy atom. The van der Waals surface area contributed by atoms with Crippen LogP contribution < -0.4 is 20.7 Å². The molecule has 0 spiro atoms. The number of aromatic nitrogens is 5. The molecule has 13 rings (SSSR count). The van der Waals surface area contributed by atoms with E-state index >= 15 is 0 Å². The molecular weight excluding hydrogens is 966 g/mol. The molecule has 0 amide bonds. The predicted molar refractivity (Wildman–Crippen MR) is 258 cm³/mol. The minimum atomic E-state index is -3.17. The summed E-state index contributed by atoms with van der Waals surface area (Å²) in [6.45, 7) is 0. The van der Waals surface area contributed by atoms with Gasteiger partial charge in [0.25, 0.3) is 0 Å². The second-order valence-electron chi connectivity index (χ2n) is 16.0. The Hall–Kier alpha value is -7.37. The first-order chi connectivity index (χ1) is 30.8. The third kappa shape index (κ3) is 5.38. The fraction of sp³-hybridized carbons (Fsp3) is 0. The molecule has 0 aliphatic carbocycles. The molecule has 5 heterocycles. The van der Waals surface area contributed by atoms with E-state index in [0.29, 0.717) is 0 Å². The number of pyridine rings is 2. The van der Waals surface area contributed by atoms with Crippen LogP contribution in [0.3, 0.4) is 0 Å². The van der Waals surface area contributed by atoms with E-state index in [1.165, 1.54) is 37.4 Å². The normalized spacial score (nSPS) is 12.0. The molecule has 0 saturated heterocycles. The number of rotatable bonds is 6. The fourth-order valence-electron chi connectivity index (χ4n) is 10.3. The van der Waals surface area contributed by atoms with E-state index < -0.39 is 8.07 Å². The number of nitrogens with zero attached hydrogens (tertiary/aromatic N) is 5. The molecule has 298 valence electrons. The van der Waals surface area contributed by atoms with Crippen molar-refractivity contribution in [2.24, 2.45) is 0 Å². The zero-order chi connectivity index (χ0) is 40.8. The number of imidazole rings is 1. The number of benzene rings is 8. The van der Waals surface area contributed by atoms with Crippen LogP contribution in [0.2, 0.25) is 0 Å². The fourth-order valence-corrected chi connectivity index (χ4v) is 14.8. The predicted octanol–water partition coefficient (Wildman–Crippen LogP) is 10.2. The van der Waals surface area contributed by atoms with Gasteiger partial charge in [-0.2, -0.15) is 23.4 Å². The number of fused-ring (bicyclic) bond motifs is 13. The summed E-state index contributed by atoms with van der Waals surface area (Å²) in [7, 11) is -3.17. The Kier molecular flexibility index (Phi) is 8.68. The average molecular weight is 1000 g/mol. The summed E-state index contributed by atoms with van der Waals surface area (Å²) in [6, 6.07) is 78.5. The first kappa shape index (κ1) is 37.4. The van der Waals surface area contributed by atoms with Gasteiger partial charge >= 0.3 is 21.1 Å². The smallest absolute Gasteiger partial charge is 0.340 e. The van der Waals surface area contributed by atoms with Crippen molar-refractivity contribution < 1.29 is 21.1 Å². The maximum Gasteiger partial charge on any atom is 2.00 e. The van der Waals surface area contributed by atoms with Crippen molar-refractivity contribution in [1.82, 2.24) is 23.5 Å². The summed E-state index contributed by atoms with van der Waals surface area (Å²) in [5.41, 5.74) is 7.58. The first-order valence-electron chi connectivity index (χ1n) is 21.0. The van der Waals surface area contributed by atoms with Crippen LogP contribution in [-0.4, -0.2) is 31.6 Å². The minimum absolute atomic E-state index is 0. The van der Waals surface area contributed by atoms with Crippen molar-refractivity contribution in [3.05, 3.63) is 225 Å². The molecule has 7 heteroatoms. The van der Waals surface area contributed by atoms with E-state index in [1.807, 2.05) is 18.5 Å². The van der Waals surface area contributed by atoms with Gasteiger partial charge in [0, 0.05) is 46.1 Å². The Morgan fingerprint density at radius 3 is 1.71 bits per heavy atom. The van der Waals surface area contributed by atoms with Crippen LogP contribution in [0.15, 0.2) is 213 Å². The molecule has 0 saturated carbocycles. The molecular formula is C56H35N5PtSi. The third-order valence-corrected chi connectivity index (χ3v) is 17.5. The topological polar surface area (TPSA) is 40.0 Å². The number of hydrogen-bond acceptors (Lipinski definition) is 2. The van der Waals surface area contributed by atoms with Crippen LogP contribution in [0.1, 0.15) is 0 Å². The first-order valence-corrected chi connectivity index (χ1v) is 23.0. The van der Waals surface area contributed by atoms with Crippen molar-refractivity contribution in [1.29, 1.82) is 0 Å². The van der Waals surface area contributed by atoms with E-state index in [2.05, 4.69) is 220 Å². The third-order valence-electron chi connectivity index (χ3n) is 12.9. The van der Waals surface area contributed by atoms with Crippen molar-refractivity contribution >= 4 is 99.8 Å². The van der Waals surface area contributed by atoms with Gasteiger partial charge in [-0.15, -0.1) is 34.2 Å². The van der Waals surface area contributed by atoms with Crippen LogP contribution in [0.5, 0.6) is 0 Å². The molecule has 5 nitrogen and oxygen atoms in total. The molecule has 5 aromatic heterocycles. The molecule has 8 aromatic carbocycles. The number of para-hydroxylation sites is 3. The monoisotopic (exact) mass is 1000 g/mol. The molecule has 0 radical (unpaired) electrons. The van der Waals surface area contributed by atoms with Gasteiger partial charge in [0.2, 0.25) is 0 Å². The van der Waals surface area contributed by atoms with Crippen LogP contribution >= 0.6 is 0 Å². The Morgan fingerprint density at radius 1 is 0.413 bits per heavy atom. The van der Waals surface area contributed by atoms with Gasteiger partial charge in [-0.25, -0.2) is 4.98 Å². The Balaban J connectivity index is 0.00000421. The summed E-state index contributed by atoms with van der Waals surface area (Å²) in [5.74, 6) is 0.851. The molecule has 0 fully saturated rings. The molecule has 0 bridgehead atoms. The van der Waals surface area contributed by atoms with Gasteiger partial charge in [-0.3, -0.25) is 4.98 Å².